The number of rotatable bonds is 2. The van der Waals surface area contributed by atoms with Crippen LogP contribution in [-0.4, -0.2) is 9.55 Å². The maximum absolute atomic E-state index is 6.06. The highest BCUT2D eigenvalue weighted by molar-refractivity contribution is 6.35. The fraction of sp³-hybridized carbons (Fsp3) is 0.133. The molecule has 2 aromatic carbocycles. The van der Waals surface area contributed by atoms with E-state index in [-0.39, 0.29) is 0 Å². The normalized spacial score (nSPS) is 11.2. The van der Waals surface area contributed by atoms with Crippen molar-refractivity contribution in [3.63, 3.8) is 0 Å². The van der Waals surface area contributed by atoms with Crippen molar-refractivity contribution in [2.45, 2.75) is 6.54 Å². The van der Waals surface area contributed by atoms with Gasteiger partial charge in [-0.3, -0.25) is 0 Å². The van der Waals surface area contributed by atoms with Crippen molar-refractivity contribution in [1.29, 1.82) is 0 Å². The van der Waals surface area contributed by atoms with E-state index in [0.717, 1.165) is 28.0 Å². The second-order valence-corrected chi connectivity index (χ2v) is 5.55. The maximum atomic E-state index is 6.06. The summed E-state index contributed by atoms with van der Waals surface area (Å²) in [6.45, 7) is 0.513. The van der Waals surface area contributed by atoms with E-state index in [9.17, 15) is 0 Å². The molecule has 5 heteroatoms. The summed E-state index contributed by atoms with van der Waals surface area (Å²) < 4.78 is 2.02. The molecule has 0 radical (unpaired) electrons. The number of imidazole rings is 1. The van der Waals surface area contributed by atoms with Crippen LogP contribution >= 0.6 is 23.2 Å². The van der Waals surface area contributed by atoms with Crippen molar-refractivity contribution < 1.29 is 0 Å². The number of aryl methyl sites for hydroxylation is 1. The van der Waals surface area contributed by atoms with E-state index in [1.54, 1.807) is 6.07 Å². The summed E-state index contributed by atoms with van der Waals surface area (Å²) in [4.78, 5) is 4.64. The van der Waals surface area contributed by atoms with Crippen molar-refractivity contribution in [1.82, 2.24) is 9.55 Å². The molecular formula is C15H13Cl2N3. The molecule has 0 atom stereocenters. The quantitative estimate of drug-likeness (QED) is 0.777. The van der Waals surface area contributed by atoms with Gasteiger partial charge in [0.1, 0.15) is 5.82 Å². The number of hydrogen-bond donors (Lipinski definition) is 1. The van der Waals surface area contributed by atoms with Crippen molar-refractivity contribution >= 4 is 34.2 Å². The molecule has 0 amide bonds. The summed E-state index contributed by atoms with van der Waals surface area (Å²) in [6.07, 6.45) is 0. The van der Waals surface area contributed by atoms with Crippen LogP contribution in [0.2, 0.25) is 10.0 Å². The lowest BCUT2D eigenvalue weighted by Gasteiger charge is -2.04. The number of nitrogens with two attached hydrogens (primary N) is 1. The van der Waals surface area contributed by atoms with Crippen LogP contribution in [0.25, 0.3) is 22.4 Å². The average Bonchev–Trinajstić information content (AvgIpc) is 2.74. The predicted molar refractivity (Wildman–Crippen MR) is 84.1 cm³/mol. The number of nitrogens with zero attached hydrogens (tertiary/aromatic N) is 2. The largest absolute Gasteiger partial charge is 0.327 e. The smallest absolute Gasteiger partial charge is 0.140 e. The summed E-state index contributed by atoms with van der Waals surface area (Å²) in [5, 5.41) is 1.20. The van der Waals surface area contributed by atoms with Crippen LogP contribution in [0.3, 0.4) is 0 Å². The van der Waals surface area contributed by atoms with Gasteiger partial charge in [0.15, 0.2) is 0 Å². The van der Waals surface area contributed by atoms with Crippen LogP contribution in [0, 0.1) is 0 Å². The van der Waals surface area contributed by atoms with E-state index in [0.29, 0.717) is 16.6 Å². The summed E-state index contributed by atoms with van der Waals surface area (Å²) in [5.74, 6) is 0.832. The minimum Gasteiger partial charge on any atom is -0.327 e. The molecule has 0 aliphatic heterocycles. The van der Waals surface area contributed by atoms with Gasteiger partial charge in [-0.2, -0.15) is 0 Å². The molecule has 2 N–H and O–H groups in total. The molecule has 0 spiro atoms. The van der Waals surface area contributed by atoms with Gasteiger partial charge < -0.3 is 10.3 Å². The van der Waals surface area contributed by atoms with Crippen LogP contribution in [0.1, 0.15) is 5.56 Å². The highest BCUT2D eigenvalue weighted by atomic mass is 35.5. The van der Waals surface area contributed by atoms with Crippen LogP contribution in [0.5, 0.6) is 0 Å². The van der Waals surface area contributed by atoms with Gasteiger partial charge >= 0.3 is 0 Å². The minimum absolute atomic E-state index is 0.513. The summed E-state index contributed by atoms with van der Waals surface area (Å²) in [5.41, 5.74) is 9.63. The standard InChI is InChI=1S/C15H13Cl2N3/c1-20-14-4-9(8-18)2-3-13(14)19-15(20)10-5-11(16)7-12(17)6-10/h2-7H,8,18H2,1H3. The molecule has 20 heavy (non-hydrogen) atoms. The van der Waals surface area contributed by atoms with Crippen LogP contribution in [-0.2, 0) is 13.6 Å². The van der Waals surface area contributed by atoms with Gasteiger partial charge in [-0.15, -0.1) is 0 Å². The summed E-state index contributed by atoms with van der Waals surface area (Å²) in [7, 11) is 1.97. The molecule has 0 aliphatic carbocycles. The number of benzene rings is 2. The first-order valence-electron chi connectivity index (χ1n) is 6.20. The Kier molecular flexibility index (Phi) is 3.42. The van der Waals surface area contributed by atoms with Gasteiger partial charge in [0.05, 0.1) is 11.0 Å². The Bertz CT molecular complexity index is 773. The Hall–Kier alpha value is -1.55. The van der Waals surface area contributed by atoms with Crippen LogP contribution < -0.4 is 5.73 Å². The lowest BCUT2D eigenvalue weighted by molar-refractivity contribution is 0.956. The maximum Gasteiger partial charge on any atom is 0.140 e. The Morgan fingerprint density at radius 3 is 2.45 bits per heavy atom. The van der Waals surface area contributed by atoms with Gasteiger partial charge in [0.25, 0.3) is 0 Å². The van der Waals surface area contributed by atoms with E-state index in [2.05, 4.69) is 11.1 Å². The first kappa shape index (κ1) is 13.4. The molecule has 0 saturated heterocycles. The second-order valence-electron chi connectivity index (χ2n) is 4.68. The fourth-order valence-electron chi connectivity index (χ4n) is 2.30. The monoisotopic (exact) mass is 305 g/mol. The van der Waals surface area contributed by atoms with Crippen molar-refractivity contribution in [3.05, 3.63) is 52.0 Å². The number of aromatic nitrogens is 2. The molecule has 3 rings (SSSR count). The first-order valence-corrected chi connectivity index (χ1v) is 6.96. The predicted octanol–water partition coefficient (Wildman–Crippen LogP) is 4.01. The van der Waals surface area contributed by atoms with Gasteiger partial charge in [-0.05, 0) is 35.9 Å². The Morgan fingerprint density at radius 2 is 1.80 bits per heavy atom. The van der Waals surface area contributed by atoms with Crippen molar-refractivity contribution in [2.24, 2.45) is 12.8 Å². The first-order chi connectivity index (χ1) is 9.58. The topological polar surface area (TPSA) is 43.8 Å². The zero-order valence-corrected chi connectivity index (χ0v) is 12.4. The third kappa shape index (κ3) is 2.29. The molecule has 1 aromatic heterocycles. The Morgan fingerprint density at radius 1 is 1.10 bits per heavy atom. The molecule has 0 unspecified atom stereocenters. The van der Waals surface area contributed by atoms with Crippen molar-refractivity contribution in [2.75, 3.05) is 0 Å². The number of fused-ring (bicyclic) bond motifs is 1. The second kappa shape index (κ2) is 5.09. The molecule has 0 saturated carbocycles. The SMILES string of the molecule is Cn1c(-c2cc(Cl)cc(Cl)c2)nc2ccc(CN)cc21. The molecular weight excluding hydrogens is 293 g/mol. The number of hydrogen-bond acceptors (Lipinski definition) is 2. The van der Waals surface area contributed by atoms with Crippen molar-refractivity contribution in [3.8, 4) is 11.4 Å². The molecule has 0 fully saturated rings. The minimum atomic E-state index is 0.513. The van der Waals surface area contributed by atoms with Gasteiger partial charge in [-0.25, -0.2) is 4.98 Å². The highest BCUT2D eigenvalue weighted by Crippen LogP contribution is 2.29. The molecule has 3 nitrogen and oxygen atoms in total. The summed E-state index contributed by atoms with van der Waals surface area (Å²) >= 11 is 12.1. The van der Waals surface area contributed by atoms with E-state index < -0.39 is 0 Å². The van der Waals surface area contributed by atoms with E-state index in [1.165, 1.54) is 0 Å². The van der Waals surface area contributed by atoms with E-state index in [4.69, 9.17) is 28.9 Å². The fourth-order valence-corrected chi connectivity index (χ4v) is 2.83. The van der Waals surface area contributed by atoms with Gasteiger partial charge in [0, 0.05) is 29.2 Å². The number of halogens is 2. The lowest BCUT2D eigenvalue weighted by atomic mass is 10.2. The van der Waals surface area contributed by atoms with E-state index >= 15 is 0 Å². The lowest BCUT2D eigenvalue weighted by Crippen LogP contribution is -1.97. The molecule has 0 bridgehead atoms. The Balaban J connectivity index is 2.23. The molecule has 102 valence electrons. The van der Waals surface area contributed by atoms with Crippen LogP contribution in [0.4, 0.5) is 0 Å². The van der Waals surface area contributed by atoms with Gasteiger partial charge in [-0.1, -0.05) is 29.3 Å². The zero-order chi connectivity index (χ0) is 14.3. The average molecular weight is 306 g/mol. The Labute approximate surface area is 126 Å². The zero-order valence-electron chi connectivity index (χ0n) is 10.9. The van der Waals surface area contributed by atoms with E-state index in [1.807, 2.05) is 35.9 Å². The molecule has 1 heterocycles. The van der Waals surface area contributed by atoms with Gasteiger partial charge in [0.2, 0.25) is 0 Å². The highest BCUT2D eigenvalue weighted by Gasteiger charge is 2.11. The van der Waals surface area contributed by atoms with Crippen LogP contribution in [0.15, 0.2) is 36.4 Å². The molecule has 0 aliphatic rings. The summed E-state index contributed by atoms with van der Waals surface area (Å²) in [6, 6.07) is 11.5. The third-order valence-corrected chi connectivity index (χ3v) is 3.74. The molecule has 3 aromatic rings. The third-order valence-electron chi connectivity index (χ3n) is 3.30.